The number of oxazole rings is 1. The minimum absolute atomic E-state index is 0.0263. The molecule has 142 valence electrons. The Bertz CT molecular complexity index is 1080. The monoisotopic (exact) mass is 396 g/mol. The number of carbonyl (C=O) groups excluding carboxylic acids is 1. The Kier molecular flexibility index (Phi) is 5.84. The van der Waals surface area contributed by atoms with E-state index in [-0.39, 0.29) is 23.8 Å². The van der Waals surface area contributed by atoms with E-state index in [1.165, 1.54) is 30.7 Å². The first-order chi connectivity index (χ1) is 13.5. The fourth-order valence-corrected chi connectivity index (χ4v) is 3.42. The fourth-order valence-electron chi connectivity index (χ4n) is 2.39. The molecule has 9 heteroatoms. The van der Waals surface area contributed by atoms with Gasteiger partial charge in [0.15, 0.2) is 12.2 Å². The van der Waals surface area contributed by atoms with Crippen LogP contribution in [0.3, 0.4) is 0 Å². The summed E-state index contributed by atoms with van der Waals surface area (Å²) < 4.78 is 31.7. The first-order valence-corrected chi connectivity index (χ1v) is 9.75. The molecule has 0 aliphatic heterocycles. The Labute approximate surface area is 161 Å². The minimum atomic E-state index is -3.71. The third kappa shape index (κ3) is 4.62. The zero-order valence-electron chi connectivity index (χ0n) is 14.6. The molecule has 1 aromatic heterocycles. The Morgan fingerprint density at radius 2 is 1.82 bits per heavy atom. The number of hydrogen-bond acceptors (Lipinski definition) is 6. The second-order valence-electron chi connectivity index (χ2n) is 5.73. The smallest absolute Gasteiger partial charge is 0.255 e. The van der Waals surface area contributed by atoms with Crippen molar-refractivity contribution < 1.29 is 17.6 Å². The quantitative estimate of drug-likeness (QED) is 0.592. The Hall–Kier alpha value is -3.48. The van der Waals surface area contributed by atoms with Crippen LogP contribution in [-0.2, 0) is 10.0 Å². The van der Waals surface area contributed by atoms with Crippen LogP contribution in [0.15, 0.2) is 70.4 Å². The predicted octanol–water partition coefficient (Wildman–Crippen LogP) is 2.79. The van der Waals surface area contributed by atoms with E-state index >= 15 is 0 Å². The number of sulfonamides is 1. The van der Waals surface area contributed by atoms with E-state index in [0.29, 0.717) is 17.0 Å². The Morgan fingerprint density at radius 1 is 1.11 bits per heavy atom. The molecule has 28 heavy (non-hydrogen) atoms. The van der Waals surface area contributed by atoms with E-state index < -0.39 is 10.0 Å². The van der Waals surface area contributed by atoms with Crippen LogP contribution in [0.5, 0.6) is 0 Å². The molecule has 0 atom stereocenters. The molecular formula is C19H16N4O4S. The summed E-state index contributed by atoms with van der Waals surface area (Å²) >= 11 is 0. The standard InChI is InChI=1S/C19H16N4O4S/c20-10-1-11-22-28(25,26)17-8-4-15(5-9-17)19(24)23-16-6-2-14(3-7-16)18-12-21-13-27-18/h2-9,12-13,22H,1,11H2,(H,23,24). The number of amides is 1. The first-order valence-electron chi connectivity index (χ1n) is 8.26. The molecule has 0 radical (unpaired) electrons. The van der Waals surface area contributed by atoms with Gasteiger partial charge in [-0.05, 0) is 48.5 Å². The number of rotatable bonds is 7. The normalized spacial score (nSPS) is 11.0. The summed E-state index contributed by atoms with van der Waals surface area (Å²) in [6, 6.07) is 14.4. The lowest BCUT2D eigenvalue weighted by Gasteiger charge is -2.08. The van der Waals surface area contributed by atoms with Crippen LogP contribution in [0.2, 0.25) is 0 Å². The number of nitriles is 1. The van der Waals surface area contributed by atoms with Crippen LogP contribution in [0.1, 0.15) is 16.8 Å². The number of nitrogens with one attached hydrogen (secondary N) is 2. The maximum atomic E-state index is 12.4. The van der Waals surface area contributed by atoms with Gasteiger partial charge in [0.05, 0.1) is 17.2 Å². The summed E-state index contributed by atoms with van der Waals surface area (Å²) in [5.41, 5.74) is 1.73. The molecule has 0 unspecified atom stereocenters. The van der Waals surface area contributed by atoms with Gasteiger partial charge in [0.1, 0.15) is 0 Å². The number of benzene rings is 2. The molecule has 0 spiro atoms. The lowest BCUT2D eigenvalue weighted by atomic mass is 10.1. The molecule has 0 saturated carbocycles. The highest BCUT2D eigenvalue weighted by molar-refractivity contribution is 7.89. The molecule has 2 aromatic carbocycles. The molecule has 3 rings (SSSR count). The van der Waals surface area contributed by atoms with Crippen LogP contribution in [-0.4, -0.2) is 25.9 Å². The van der Waals surface area contributed by atoms with Crippen molar-refractivity contribution in [2.45, 2.75) is 11.3 Å². The van der Waals surface area contributed by atoms with E-state index in [9.17, 15) is 13.2 Å². The molecule has 0 bridgehead atoms. The van der Waals surface area contributed by atoms with Gasteiger partial charge in [-0.3, -0.25) is 4.79 Å². The number of carbonyl (C=O) groups is 1. The summed E-state index contributed by atoms with van der Waals surface area (Å²) in [5, 5.41) is 11.2. The van der Waals surface area contributed by atoms with Crippen LogP contribution in [0.25, 0.3) is 11.3 Å². The molecule has 0 aliphatic rings. The average molecular weight is 396 g/mol. The fraction of sp³-hybridized carbons (Fsp3) is 0.105. The van der Waals surface area contributed by atoms with Gasteiger partial charge in [0.2, 0.25) is 10.0 Å². The van der Waals surface area contributed by atoms with Crippen LogP contribution >= 0.6 is 0 Å². The van der Waals surface area contributed by atoms with Crippen molar-refractivity contribution in [3.63, 3.8) is 0 Å². The first kappa shape index (κ1) is 19.3. The molecule has 1 amide bonds. The van der Waals surface area contributed by atoms with E-state index in [4.69, 9.17) is 9.68 Å². The average Bonchev–Trinajstić information content (AvgIpc) is 3.23. The third-order valence-electron chi connectivity index (χ3n) is 3.82. The summed E-state index contributed by atoms with van der Waals surface area (Å²) in [5.74, 6) is 0.256. The van der Waals surface area contributed by atoms with E-state index in [1.807, 2.05) is 6.07 Å². The highest BCUT2D eigenvalue weighted by Gasteiger charge is 2.14. The van der Waals surface area contributed by atoms with Gasteiger partial charge < -0.3 is 9.73 Å². The van der Waals surface area contributed by atoms with Crippen molar-refractivity contribution in [1.82, 2.24) is 9.71 Å². The zero-order valence-corrected chi connectivity index (χ0v) is 15.4. The molecule has 0 saturated heterocycles. The van der Waals surface area contributed by atoms with Gasteiger partial charge in [-0.2, -0.15) is 5.26 Å². The van der Waals surface area contributed by atoms with Crippen molar-refractivity contribution >= 4 is 21.6 Å². The number of anilines is 1. The van der Waals surface area contributed by atoms with Crippen molar-refractivity contribution in [2.75, 3.05) is 11.9 Å². The lowest BCUT2D eigenvalue weighted by Crippen LogP contribution is -2.24. The van der Waals surface area contributed by atoms with E-state index in [0.717, 1.165) is 5.56 Å². The van der Waals surface area contributed by atoms with Crippen molar-refractivity contribution in [3.05, 3.63) is 66.7 Å². The second kappa shape index (κ2) is 8.47. The molecule has 0 aliphatic carbocycles. The maximum absolute atomic E-state index is 12.4. The predicted molar refractivity (Wildman–Crippen MR) is 102 cm³/mol. The summed E-state index contributed by atoms with van der Waals surface area (Å²) in [4.78, 5) is 16.2. The second-order valence-corrected chi connectivity index (χ2v) is 7.49. The van der Waals surface area contributed by atoms with Gasteiger partial charge >= 0.3 is 0 Å². The Balaban J connectivity index is 1.65. The van der Waals surface area contributed by atoms with Gasteiger partial charge in [0.25, 0.3) is 5.91 Å². The van der Waals surface area contributed by atoms with Crippen molar-refractivity contribution in [3.8, 4) is 17.4 Å². The summed E-state index contributed by atoms with van der Waals surface area (Å²) in [6.45, 7) is 0.0329. The van der Waals surface area contributed by atoms with Gasteiger partial charge in [-0.1, -0.05) is 0 Å². The molecule has 1 heterocycles. The van der Waals surface area contributed by atoms with Gasteiger partial charge in [-0.15, -0.1) is 0 Å². The lowest BCUT2D eigenvalue weighted by molar-refractivity contribution is 0.102. The molecular weight excluding hydrogens is 380 g/mol. The van der Waals surface area contributed by atoms with Crippen molar-refractivity contribution in [2.24, 2.45) is 0 Å². The zero-order chi connectivity index (χ0) is 20.0. The highest BCUT2D eigenvalue weighted by atomic mass is 32.2. The van der Waals surface area contributed by atoms with Crippen LogP contribution in [0.4, 0.5) is 5.69 Å². The topological polar surface area (TPSA) is 125 Å². The van der Waals surface area contributed by atoms with E-state index in [1.54, 1.807) is 30.5 Å². The largest absolute Gasteiger partial charge is 0.444 e. The maximum Gasteiger partial charge on any atom is 0.255 e. The Morgan fingerprint density at radius 3 is 2.43 bits per heavy atom. The third-order valence-corrected chi connectivity index (χ3v) is 5.29. The van der Waals surface area contributed by atoms with E-state index in [2.05, 4.69) is 15.0 Å². The minimum Gasteiger partial charge on any atom is -0.444 e. The molecule has 3 aromatic rings. The molecule has 8 nitrogen and oxygen atoms in total. The molecule has 2 N–H and O–H groups in total. The van der Waals surface area contributed by atoms with Crippen LogP contribution < -0.4 is 10.0 Å². The number of hydrogen-bond donors (Lipinski definition) is 2. The summed E-state index contributed by atoms with van der Waals surface area (Å²) in [7, 11) is -3.71. The van der Waals surface area contributed by atoms with Crippen molar-refractivity contribution in [1.29, 1.82) is 5.26 Å². The summed E-state index contributed by atoms with van der Waals surface area (Å²) in [6.07, 6.45) is 3.02. The highest BCUT2D eigenvalue weighted by Crippen LogP contribution is 2.21. The number of nitrogens with zero attached hydrogens (tertiary/aromatic N) is 2. The SMILES string of the molecule is N#CCCNS(=O)(=O)c1ccc(C(=O)Nc2ccc(-c3cnco3)cc2)cc1. The van der Waals surface area contributed by atoms with Gasteiger partial charge in [-0.25, -0.2) is 18.1 Å². The van der Waals surface area contributed by atoms with Crippen LogP contribution in [0, 0.1) is 11.3 Å². The number of aromatic nitrogens is 1. The van der Waals surface area contributed by atoms with Gasteiger partial charge in [0, 0.05) is 29.8 Å². The molecule has 0 fully saturated rings.